The average Bonchev–Trinajstić information content (AvgIpc) is 2.86. The Bertz CT molecular complexity index is 733. The predicted octanol–water partition coefficient (Wildman–Crippen LogP) is 2.61. The van der Waals surface area contributed by atoms with Crippen molar-refractivity contribution in [1.82, 2.24) is 9.55 Å². The van der Waals surface area contributed by atoms with E-state index in [1.165, 1.54) is 28.6 Å². The Morgan fingerprint density at radius 3 is 3.00 bits per heavy atom. The number of rotatable bonds is 5. The lowest BCUT2D eigenvalue weighted by Gasteiger charge is -2.12. The van der Waals surface area contributed by atoms with Crippen molar-refractivity contribution in [2.24, 2.45) is 0 Å². The van der Waals surface area contributed by atoms with E-state index in [4.69, 9.17) is 5.11 Å². The number of hydrogen-bond donors (Lipinski definition) is 1. The molecule has 6 heteroatoms. The second kappa shape index (κ2) is 6.34. The minimum Gasteiger partial charge on any atom is -0.396 e. The van der Waals surface area contributed by atoms with Gasteiger partial charge in [0.2, 0.25) is 0 Å². The molecule has 112 valence electrons. The molecule has 2 aromatic heterocycles. The van der Waals surface area contributed by atoms with Crippen LogP contribution in [0.2, 0.25) is 0 Å². The zero-order valence-corrected chi connectivity index (χ0v) is 13.4. The van der Waals surface area contributed by atoms with Gasteiger partial charge in [-0.2, -0.15) is 0 Å². The van der Waals surface area contributed by atoms with Crippen molar-refractivity contribution in [2.75, 3.05) is 12.4 Å². The molecule has 0 aromatic carbocycles. The van der Waals surface area contributed by atoms with Crippen molar-refractivity contribution in [2.45, 2.75) is 37.4 Å². The number of hydrogen-bond acceptors (Lipinski definition) is 5. The molecule has 0 atom stereocenters. The van der Waals surface area contributed by atoms with Crippen molar-refractivity contribution in [3.05, 3.63) is 33.4 Å². The topological polar surface area (TPSA) is 55.1 Å². The molecular formula is C15H18N2O2S2. The van der Waals surface area contributed by atoms with Gasteiger partial charge in [-0.05, 0) is 31.2 Å². The molecule has 0 spiro atoms. The molecule has 21 heavy (non-hydrogen) atoms. The number of thioether (sulfide) groups is 1. The monoisotopic (exact) mass is 322 g/mol. The van der Waals surface area contributed by atoms with E-state index in [-0.39, 0.29) is 12.2 Å². The summed E-state index contributed by atoms with van der Waals surface area (Å²) in [6.07, 6.45) is 6.13. The quantitative estimate of drug-likeness (QED) is 0.522. The maximum absolute atomic E-state index is 12.8. The molecule has 0 saturated heterocycles. The van der Waals surface area contributed by atoms with E-state index in [0.717, 1.165) is 29.5 Å². The Balaban J connectivity index is 2.21. The number of allylic oxidation sites excluding steroid dienone is 1. The summed E-state index contributed by atoms with van der Waals surface area (Å²) in [7, 11) is 0. The molecule has 0 radical (unpaired) electrons. The number of aryl methyl sites for hydroxylation is 2. The van der Waals surface area contributed by atoms with E-state index in [0.29, 0.717) is 17.5 Å². The summed E-state index contributed by atoms with van der Waals surface area (Å²) in [4.78, 5) is 19.7. The lowest BCUT2D eigenvalue weighted by atomic mass is 9.97. The molecule has 0 unspecified atom stereocenters. The summed E-state index contributed by atoms with van der Waals surface area (Å²) in [5.74, 6) is 0.542. The van der Waals surface area contributed by atoms with E-state index < -0.39 is 0 Å². The fourth-order valence-corrected chi connectivity index (χ4v) is 4.81. The second-order valence-electron chi connectivity index (χ2n) is 5.06. The highest BCUT2D eigenvalue weighted by Gasteiger charge is 2.21. The maximum atomic E-state index is 12.8. The molecule has 1 aliphatic rings. The van der Waals surface area contributed by atoms with Crippen LogP contribution in [-0.2, 0) is 19.4 Å². The zero-order valence-electron chi connectivity index (χ0n) is 11.8. The van der Waals surface area contributed by atoms with Gasteiger partial charge in [0, 0.05) is 17.2 Å². The molecular weight excluding hydrogens is 304 g/mol. The molecule has 2 heterocycles. The third-order valence-corrected chi connectivity index (χ3v) is 5.82. The Morgan fingerprint density at radius 1 is 1.43 bits per heavy atom. The van der Waals surface area contributed by atoms with E-state index >= 15 is 0 Å². The van der Waals surface area contributed by atoms with Crippen LogP contribution in [0.15, 0.2) is 22.6 Å². The first kappa shape index (κ1) is 14.8. The summed E-state index contributed by atoms with van der Waals surface area (Å²) in [6.45, 7) is 4.27. The number of aliphatic hydroxyl groups excluding tert-OH is 1. The molecule has 0 saturated carbocycles. The molecule has 2 aromatic rings. The fraction of sp³-hybridized carbons (Fsp3) is 0.467. The first-order valence-electron chi connectivity index (χ1n) is 7.16. The fourth-order valence-electron chi connectivity index (χ4n) is 2.76. The lowest BCUT2D eigenvalue weighted by Crippen LogP contribution is -2.23. The largest absolute Gasteiger partial charge is 0.396 e. The van der Waals surface area contributed by atoms with Gasteiger partial charge in [0.05, 0.1) is 12.0 Å². The first-order chi connectivity index (χ1) is 10.3. The second-order valence-corrected chi connectivity index (χ2v) is 7.21. The Morgan fingerprint density at radius 2 is 2.24 bits per heavy atom. The standard InChI is InChI=1S/C15H18N2O2S2/c1-2-7-17-14(19)12-10-5-3-4-6-11(10)21-13(12)16-15(17)20-9-8-18/h2,18H,1,3-9H2. The molecule has 0 bridgehead atoms. The van der Waals surface area contributed by atoms with Gasteiger partial charge in [0.1, 0.15) is 4.83 Å². The normalized spacial score (nSPS) is 14.3. The molecule has 0 amide bonds. The van der Waals surface area contributed by atoms with Gasteiger partial charge in [0.15, 0.2) is 5.16 Å². The molecule has 1 N–H and O–H groups in total. The van der Waals surface area contributed by atoms with Gasteiger partial charge in [-0.3, -0.25) is 9.36 Å². The Hall–Kier alpha value is -1.11. The highest BCUT2D eigenvalue weighted by molar-refractivity contribution is 7.99. The molecule has 4 nitrogen and oxygen atoms in total. The van der Waals surface area contributed by atoms with Gasteiger partial charge in [-0.25, -0.2) is 4.98 Å². The Labute approximate surface area is 131 Å². The summed E-state index contributed by atoms with van der Waals surface area (Å²) in [6, 6.07) is 0. The van der Waals surface area contributed by atoms with Gasteiger partial charge < -0.3 is 5.11 Å². The van der Waals surface area contributed by atoms with E-state index in [1.54, 1.807) is 22.0 Å². The molecule has 0 fully saturated rings. The summed E-state index contributed by atoms with van der Waals surface area (Å²) in [5.41, 5.74) is 1.26. The van der Waals surface area contributed by atoms with E-state index in [2.05, 4.69) is 11.6 Å². The first-order valence-corrected chi connectivity index (χ1v) is 8.96. The number of nitrogens with zero attached hydrogens (tertiary/aromatic N) is 2. The minimum atomic E-state index is 0.0414. The number of fused-ring (bicyclic) bond motifs is 3. The van der Waals surface area contributed by atoms with E-state index in [1.807, 2.05) is 0 Å². The van der Waals surface area contributed by atoms with Gasteiger partial charge >= 0.3 is 0 Å². The van der Waals surface area contributed by atoms with Crippen LogP contribution in [-0.4, -0.2) is 27.0 Å². The number of aliphatic hydroxyl groups is 1. The van der Waals surface area contributed by atoms with Crippen LogP contribution in [0.4, 0.5) is 0 Å². The van der Waals surface area contributed by atoms with Crippen molar-refractivity contribution in [3.8, 4) is 0 Å². The van der Waals surface area contributed by atoms with Crippen molar-refractivity contribution in [3.63, 3.8) is 0 Å². The third-order valence-electron chi connectivity index (χ3n) is 3.67. The Kier molecular flexibility index (Phi) is 4.47. The minimum absolute atomic E-state index is 0.0414. The third kappa shape index (κ3) is 2.67. The van der Waals surface area contributed by atoms with Crippen LogP contribution in [0.25, 0.3) is 10.2 Å². The zero-order chi connectivity index (χ0) is 14.8. The van der Waals surface area contributed by atoms with Crippen LogP contribution in [0.1, 0.15) is 23.3 Å². The highest BCUT2D eigenvalue weighted by atomic mass is 32.2. The van der Waals surface area contributed by atoms with Crippen LogP contribution in [0.5, 0.6) is 0 Å². The van der Waals surface area contributed by atoms with Crippen LogP contribution in [0.3, 0.4) is 0 Å². The molecule has 3 rings (SSSR count). The smallest absolute Gasteiger partial charge is 0.263 e. The van der Waals surface area contributed by atoms with Crippen LogP contribution in [0, 0.1) is 0 Å². The van der Waals surface area contributed by atoms with Crippen molar-refractivity contribution in [1.29, 1.82) is 0 Å². The van der Waals surface area contributed by atoms with Crippen LogP contribution < -0.4 is 5.56 Å². The molecule has 0 aliphatic heterocycles. The number of thiophene rings is 1. The van der Waals surface area contributed by atoms with Gasteiger partial charge in [0.25, 0.3) is 5.56 Å². The lowest BCUT2D eigenvalue weighted by molar-refractivity contribution is 0.322. The van der Waals surface area contributed by atoms with Gasteiger partial charge in [-0.15, -0.1) is 17.9 Å². The summed E-state index contributed by atoms with van der Waals surface area (Å²) >= 11 is 3.08. The average molecular weight is 322 g/mol. The van der Waals surface area contributed by atoms with Crippen molar-refractivity contribution >= 4 is 33.3 Å². The van der Waals surface area contributed by atoms with Crippen molar-refractivity contribution < 1.29 is 5.11 Å². The van der Waals surface area contributed by atoms with Gasteiger partial charge in [-0.1, -0.05) is 17.8 Å². The SMILES string of the molecule is C=CCn1c(SCCO)nc2sc3c(c2c1=O)CCCC3. The highest BCUT2D eigenvalue weighted by Crippen LogP contribution is 2.34. The maximum Gasteiger partial charge on any atom is 0.263 e. The summed E-state index contributed by atoms with van der Waals surface area (Å²) in [5, 5.41) is 10.5. The number of aromatic nitrogens is 2. The molecule has 1 aliphatic carbocycles. The van der Waals surface area contributed by atoms with E-state index in [9.17, 15) is 4.79 Å². The van der Waals surface area contributed by atoms with Crippen LogP contribution >= 0.6 is 23.1 Å². The summed E-state index contributed by atoms with van der Waals surface area (Å²) < 4.78 is 1.68. The predicted molar refractivity (Wildman–Crippen MR) is 88.5 cm³/mol.